The van der Waals surface area contributed by atoms with E-state index in [2.05, 4.69) is 15.6 Å². The molecule has 28 heavy (non-hydrogen) atoms. The van der Waals surface area contributed by atoms with Crippen LogP contribution >= 0.6 is 0 Å². The Balaban J connectivity index is 1.85. The zero-order valence-electron chi connectivity index (χ0n) is 15.7. The number of hydrogen-bond donors (Lipinski definition) is 3. The van der Waals surface area contributed by atoms with Gasteiger partial charge in [-0.1, -0.05) is 37.3 Å². The van der Waals surface area contributed by atoms with Crippen molar-refractivity contribution in [2.45, 2.75) is 20.3 Å². The third-order valence-electron chi connectivity index (χ3n) is 4.37. The van der Waals surface area contributed by atoms with Crippen LogP contribution in [0, 0.1) is 6.92 Å². The van der Waals surface area contributed by atoms with Crippen molar-refractivity contribution < 1.29 is 9.59 Å². The number of H-pyrrole nitrogens is 1. The molecule has 0 spiro atoms. The number of carbonyl (C=O) groups is 2. The summed E-state index contributed by atoms with van der Waals surface area (Å²) in [5.41, 5.74) is 2.56. The third-order valence-corrected chi connectivity index (χ3v) is 4.37. The second kappa shape index (κ2) is 8.35. The monoisotopic (exact) mass is 375 g/mol. The quantitative estimate of drug-likeness (QED) is 0.634. The van der Waals surface area contributed by atoms with Crippen LogP contribution in [0.2, 0.25) is 0 Å². The maximum absolute atomic E-state index is 12.8. The Morgan fingerprint density at radius 1 is 0.821 bits per heavy atom. The van der Waals surface area contributed by atoms with Gasteiger partial charge in [0.05, 0.1) is 11.3 Å². The van der Waals surface area contributed by atoms with Crippen molar-refractivity contribution in [1.82, 2.24) is 4.98 Å². The Morgan fingerprint density at radius 3 is 2.14 bits per heavy atom. The second-order valence-corrected chi connectivity index (χ2v) is 6.35. The van der Waals surface area contributed by atoms with Gasteiger partial charge in [-0.2, -0.15) is 0 Å². The lowest BCUT2D eigenvalue weighted by Gasteiger charge is -2.13. The minimum atomic E-state index is -0.574. The first-order valence-electron chi connectivity index (χ1n) is 8.99. The van der Waals surface area contributed by atoms with E-state index in [1.165, 1.54) is 6.07 Å². The molecular formula is C22H21N3O3. The number of para-hydroxylation sites is 2. The molecule has 0 aliphatic rings. The van der Waals surface area contributed by atoms with E-state index >= 15 is 0 Å². The van der Waals surface area contributed by atoms with E-state index in [1.807, 2.05) is 31.2 Å². The van der Waals surface area contributed by atoms with Gasteiger partial charge in [-0.15, -0.1) is 0 Å². The van der Waals surface area contributed by atoms with Crippen molar-refractivity contribution in [3.63, 3.8) is 0 Å². The van der Waals surface area contributed by atoms with Gasteiger partial charge in [0.1, 0.15) is 5.56 Å². The minimum absolute atomic E-state index is 0.0165. The molecule has 0 saturated carbocycles. The molecule has 1 heterocycles. The first-order valence-corrected chi connectivity index (χ1v) is 8.99. The van der Waals surface area contributed by atoms with Crippen molar-refractivity contribution in [3.05, 3.63) is 93.4 Å². The smallest absolute Gasteiger partial charge is 0.261 e. The Kier molecular flexibility index (Phi) is 5.69. The molecule has 0 saturated heterocycles. The standard InChI is InChI=1S/C22H21N3O3/c1-3-15-8-4-6-10-18(15)24-20(26)16-9-5-7-11-19(16)25-22(28)17-13-12-14(2)23-21(17)27/h4-13H,3H2,1-2H3,(H,23,27)(H,24,26)(H,25,28). The lowest BCUT2D eigenvalue weighted by molar-refractivity contribution is 0.102. The van der Waals surface area contributed by atoms with Crippen LogP contribution in [0.25, 0.3) is 0 Å². The number of aryl methyl sites for hydroxylation is 2. The van der Waals surface area contributed by atoms with Crippen LogP contribution in [0.15, 0.2) is 65.5 Å². The summed E-state index contributed by atoms with van der Waals surface area (Å²) < 4.78 is 0. The van der Waals surface area contributed by atoms with Gasteiger partial charge in [0, 0.05) is 11.4 Å². The summed E-state index contributed by atoms with van der Waals surface area (Å²) in [6.45, 7) is 3.75. The molecule has 2 amide bonds. The topological polar surface area (TPSA) is 91.1 Å². The van der Waals surface area contributed by atoms with E-state index < -0.39 is 11.5 Å². The van der Waals surface area contributed by atoms with E-state index in [0.29, 0.717) is 16.9 Å². The molecule has 3 N–H and O–H groups in total. The van der Waals surface area contributed by atoms with E-state index in [-0.39, 0.29) is 11.5 Å². The third kappa shape index (κ3) is 4.17. The van der Waals surface area contributed by atoms with Gasteiger partial charge in [0.2, 0.25) is 0 Å². The number of nitrogens with one attached hydrogen (secondary N) is 3. The molecule has 0 aliphatic carbocycles. The maximum Gasteiger partial charge on any atom is 0.261 e. The summed E-state index contributed by atoms with van der Waals surface area (Å²) in [6, 6.07) is 17.4. The number of benzene rings is 2. The molecule has 3 aromatic rings. The highest BCUT2D eigenvalue weighted by Gasteiger charge is 2.16. The van der Waals surface area contributed by atoms with Gasteiger partial charge in [-0.05, 0) is 49.2 Å². The number of aromatic amines is 1. The normalized spacial score (nSPS) is 10.4. The highest BCUT2D eigenvalue weighted by molar-refractivity contribution is 6.12. The Hall–Kier alpha value is -3.67. The molecule has 2 aromatic carbocycles. The van der Waals surface area contributed by atoms with Gasteiger partial charge in [-0.3, -0.25) is 14.4 Å². The van der Waals surface area contributed by atoms with Crippen molar-refractivity contribution in [2.24, 2.45) is 0 Å². The van der Waals surface area contributed by atoms with Crippen molar-refractivity contribution in [3.8, 4) is 0 Å². The average molecular weight is 375 g/mol. The number of pyridine rings is 1. The fourth-order valence-corrected chi connectivity index (χ4v) is 2.87. The lowest BCUT2D eigenvalue weighted by atomic mass is 10.1. The number of carbonyl (C=O) groups excluding carboxylic acids is 2. The molecule has 0 fully saturated rings. The van der Waals surface area contributed by atoms with E-state index in [1.54, 1.807) is 37.3 Å². The van der Waals surface area contributed by atoms with Gasteiger partial charge < -0.3 is 15.6 Å². The van der Waals surface area contributed by atoms with Gasteiger partial charge in [0.25, 0.3) is 17.4 Å². The van der Waals surface area contributed by atoms with Crippen LogP contribution in [0.5, 0.6) is 0 Å². The van der Waals surface area contributed by atoms with E-state index in [9.17, 15) is 14.4 Å². The first-order chi connectivity index (χ1) is 13.5. The molecular weight excluding hydrogens is 354 g/mol. The summed E-state index contributed by atoms with van der Waals surface area (Å²) in [7, 11) is 0. The number of anilines is 2. The molecule has 0 unspecified atom stereocenters. The van der Waals surface area contributed by atoms with E-state index in [4.69, 9.17) is 0 Å². The molecule has 6 nitrogen and oxygen atoms in total. The summed E-state index contributed by atoms with van der Waals surface area (Å²) >= 11 is 0. The number of amides is 2. The van der Waals surface area contributed by atoms with Crippen LogP contribution in [0.3, 0.4) is 0 Å². The predicted molar refractivity (Wildman–Crippen MR) is 110 cm³/mol. The molecule has 0 bridgehead atoms. The number of rotatable bonds is 5. The zero-order valence-corrected chi connectivity index (χ0v) is 15.7. The minimum Gasteiger partial charge on any atom is -0.326 e. The Labute approximate surface area is 162 Å². The summed E-state index contributed by atoms with van der Waals surface area (Å²) in [5, 5.41) is 5.55. The first kappa shape index (κ1) is 19.1. The fourth-order valence-electron chi connectivity index (χ4n) is 2.87. The maximum atomic E-state index is 12.8. The van der Waals surface area contributed by atoms with Crippen molar-refractivity contribution in [2.75, 3.05) is 10.6 Å². The molecule has 3 rings (SSSR count). The average Bonchev–Trinajstić information content (AvgIpc) is 2.68. The molecule has 0 radical (unpaired) electrons. The fraction of sp³-hybridized carbons (Fsp3) is 0.136. The van der Waals surface area contributed by atoms with Gasteiger partial charge in [0.15, 0.2) is 0 Å². The summed E-state index contributed by atoms with van der Waals surface area (Å²) in [4.78, 5) is 39.9. The number of aromatic nitrogens is 1. The van der Waals surface area contributed by atoms with Crippen LogP contribution in [0.4, 0.5) is 11.4 Å². The highest BCUT2D eigenvalue weighted by Crippen LogP contribution is 2.20. The van der Waals surface area contributed by atoms with Crippen LogP contribution in [-0.2, 0) is 6.42 Å². The molecule has 1 aromatic heterocycles. The predicted octanol–water partition coefficient (Wildman–Crippen LogP) is 3.75. The Bertz CT molecular complexity index is 1090. The zero-order chi connectivity index (χ0) is 20.1. The van der Waals surface area contributed by atoms with Crippen LogP contribution in [0.1, 0.15) is 38.9 Å². The SMILES string of the molecule is CCc1ccccc1NC(=O)c1ccccc1NC(=O)c1ccc(C)[nH]c1=O. The summed E-state index contributed by atoms with van der Waals surface area (Å²) in [5.74, 6) is -0.912. The molecule has 0 atom stereocenters. The van der Waals surface area contributed by atoms with Crippen LogP contribution < -0.4 is 16.2 Å². The van der Waals surface area contributed by atoms with Gasteiger partial charge in [-0.25, -0.2) is 0 Å². The lowest BCUT2D eigenvalue weighted by Crippen LogP contribution is -2.24. The highest BCUT2D eigenvalue weighted by atomic mass is 16.2. The Morgan fingerprint density at radius 2 is 1.43 bits per heavy atom. The van der Waals surface area contributed by atoms with Gasteiger partial charge >= 0.3 is 0 Å². The summed E-state index contributed by atoms with van der Waals surface area (Å²) in [6.07, 6.45) is 0.783. The molecule has 6 heteroatoms. The largest absolute Gasteiger partial charge is 0.326 e. The molecule has 142 valence electrons. The van der Waals surface area contributed by atoms with E-state index in [0.717, 1.165) is 17.7 Å². The van der Waals surface area contributed by atoms with Crippen molar-refractivity contribution >= 4 is 23.2 Å². The molecule has 0 aliphatic heterocycles. The second-order valence-electron chi connectivity index (χ2n) is 6.35. The number of hydrogen-bond acceptors (Lipinski definition) is 3. The van der Waals surface area contributed by atoms with Crippen molar-refractivity contribution in [1.29, 1.82) is 0 Å². The van der Waals surface area contributed by atoms with Crippen LogP contribution in [-0.4, -0.2) is 16.8 Å².